The van der Waals surface area contributed by atoms with Crippen LogP contribution in [0.15, 0.2) is 0 Å². The van der Waals surface area contributed by atoms with E-state index in [1.165, 1.54) is 6.92 Å². The molecule has 0 amide bonds. The molecule has 0 aliphatic carbocycles. The van der Waals surface area contributed by atoms with E-state index in [0.29, 0.717) is 0 Å². The molecule has 0 saturated heterocycles. The molecule has 8 heteroatoms. The molecule has 0 aromatic carbocycles. The van der Waals surface area contributed by atoms with Gasteiger partial charge in [0.2, 0.25) is 6.79 Å². The fourth-order valence-electron chi connectivity index (χ4n) is 1.35. The van der Waals surface area contributed by atoms with Gasteiger partial charge in [0.1, 0.15) is 11.6 Å². The molecule has 0 radical (unpaired) electrons. The van der Waals surface area contributed by atoms with Crippen LogP contribution in [-0.4, -0.2) is 40.1 Å². The van der Waals surface area contributed by atoms with Gasteiger partial charge in [-0.25, -0.2) is 4.79 Å². The molecule has 0 N–H and O–H groups in total. The summed E-state index contributed by atoms with van der Waals surface area (Å²) in [5.41, 5.74) is -0.681. The molecule has 0 aliphatic rings. The van der Waals surface area contributed by atoms with Crippen LogP contribution in [0.1, 0.15) is 48.0 Å². The molecule has 1 atom stereocenters. The van der Waals surface area contributed by atoms with Crippen molar-refractivity contribution >= 4 is 47.2 Å². The van der Waals surface area contributed by atoms with Gasteiger partial charge in [0.25, 0.3) is 0 Å². The van der Waals surface area contributed by atoms with E-state index in [0.717, 1.165) is 11.8 Å². The van der Waals surface area contributed by atoms with Crippen LogP contribution in [0.3, 0.4) is 0 Å². The Morgan fingerprint density at radius 3 is 2.00 bits per heavy atom. The summed E-state index contributed by atoms with van der Waals surface area (Å²) in [7, 11) is 0. The molecule has 24 heavy (non-hydrogen) atoms. The highest BCUT2D eigenvalue weighted by Crippen LogP contribution is 2.22. The highest BCUT2D eigenvalue weighted by Gasteiger charge is 2.28. The van der Waals surface area contributed by atoms with Crippen molar-refractivity contribution in [3.05, 3.63) is 0 Å². The summed E-state index contributed by atoms with van der Waals surface area (Å²) in [6, 6.07) is 0. The maximum atomic E-state index is 12.0. The first-order chi connectivity index (χ1) is 10.7. The van der Waals surface area contributed by atoms with E-state index in [9.17, 15) is 19.2 Å². The lowest BCUT2D eigenvalue weighted by atomic mass is 9.94. The molecule has 0 rings (SSSR count). The monoisotopic (exact) mass is 378 g/mol. The van der Waals surface area contributed by atoms with Crippen molar-refractivity contribution < 1.29 is 28.7 Å². The minimum atomic E-state index is -0.833. The van der Waals surface area contributed by atoms with Crippen LogP contribution in [0.4, 0.5) is 4.79 Å². The van der Waals surface area contributed by atoms with Gasteiger partial charge in [-0.05, 0) is 53.3 Å². The van der Waals surface area contributed by atoms with Crippen molar-refractivity contribution in [2.75, 3.05) is 12.5 Å². The summed E-state index contributed by atoms with van der Waals surface area (Å²) in [5, 5.41) is -0.666. The van der Waals surface area contributed by atoms with E-state index >= 15 is 0 Å². The number of Topliss-reactive ketones (excluding diaryl/α,β-unsaturated/α-hetero) is 2. The molecule has 0 aromatic heterocycles. The molecule has 6 nitrogen and oxygen atoms in total. The van der Waals surface area contributed by atoms with Crippen LogP contribution in [-0.2, 0) is 23.9 Å². The molecular formula is C16H26O6S2. The van der Waals surface area contributed by atoms with Gasteiger partial charge in [0, 0.05) is 18.1 Å². The molecule has 0 saturated carbocycles. The van der Waals surface area contributed by atoms with E-state index in [2.05, 4.69) is 12.6 Å². The Kier molecular flexibility index (Phi) is 9.06. The SMILES string of the molecule is CC(=O)[C@H](CSC(=O)OCOC(=O)C(C)(C)C)CC(=O)C(C)(C)S. The number of carbonyl (C=O) groups is 4. The summed E-state index contributed by atoms with van der Waals surface area (Å²) in [4.78, 5) is 46.7. The number of ether oxygens (including phenoxy) is 2. The average Bonchev–Trinajstić information content (AvgIpc) is 2.40. The predicted molar refractivity (Wildman–Crippen MR) is 96.2 cm³/mol. The minimum absolute atomic E-state index is 0.0190. The van der Waals surface area contributed by atoms with Crippen LogP contribution in [0.25, 0.3) is 0 Å². The van der Waals surface area contributed by atoms with E-state index in [-0.39, 0.29) is 23.7 Å². The Bertz CT molecular complexity index is 488. The highest BCUT2D eigenvalue weighted by atomic mass is 32.2. The first-order valence-corrected chi connectivity index (χ1v) is 8.91. The second-order valence-electron chi connectivity index (χ2n) is 7.00. The first-order valence-electron chi connectivity index (χ1n) is 7.48. The fourth-order valence-corrected chi connectivity index (χ4v) is 2.26. The van der Waals surface area contributed by atoms with Crippen molar-refractivity contribution in [1.82, 2.24) is 0 Å². The van der Waals surface area contributed by atoms with E-state index in [1.807, 2.05) is 0 Å². The van der Waals surface area contributed by atoms with E-state index in [4.69, 9.17) is 9.47 Å². The maximum Gasteiger partial charge on any atom is 0.370 e. The Morgan fingerprint density at radius 2 is 1.58 bits per heavy atom. The smallest absolute Gasteiger partial charge is 0.370 e. The largest absolute Gasteiger partial charge is 0.427 e. The van der Waals surface area contributed by atoms with Crippen LogP contribution in [0.5, 0.6) is 0 Å². The third kappa shape index (κ3) is 9.32. The number of hydrogen-bond donors (Lipinski definition) is 1. The van der Waals surface area contributed by atoms with Gasteiger partial charge in [0.05, 0.1) is 10.2 Å². The Balaban J connectivity index is 4.32. The van der Waals surface area contributed by atoms with Gasteiger partial charge in [-0.1, -0.05) is 0 Å². The zero-order chi connectivity index (χ0) is 19.1. The molecule has 0 bridgehead atoms. The minimum Gasteiger partial charge on any atom is -0.427 e. The molecule has 0 aliphatic heterocycles. The topological polar surface area (TPSA) is 86.7 Å². The molecule has 0 unspecified atom stereocenters. The summed E-state index contributed by atoms with van der Waals surface area (Å²) < 4.78 is 8.76. The van der Waals surface area contributed by atoms with Gasteiger partial charge in [-0.3, -0.25) is 14.4 Å². The van der Waals surface area contributed by atoms with Crippen molar-refractivity contribution in [3.63, 3.8) is 0 Å². The summed E-state index contributed by atoms with van der Waals surface area (Å²) in [6.07, 6.45) is 0.0190. The van der Waals surface area contributed by atoms with Crippen LogP contribution in [0, 0.1) is 11.3 Å². The number of rotatable bonds is 8. The summed E-state index contributed by atoms with van der Waals surface area (Å²) >= 11 is 4.96. The second kappa shape index (κ2) is 9.46. The first kappa shape index (κ1) is 23.0. The van der Waals surface area contributed by atoms with Gasteiger partial charge >= 0.3 is 11.3 Å². The fraction of sp³-hybridized carbons (Fsp3) is 0.750. The molecule has 0 spiro atoms. The van der Waals surface area contributed by atoms with Crippen LogP contribution < -0.4 is 0 Å². The van der Waals surface area contributed by atoms with Gasteiger partial charge in [-0.2, -0.15) is 12.6 Å². The normalized spacial score (nSPS) is 13.1. The third-order valence-corrected chi connectivity index (χ3v) is 4.24. The number of thiol groups is 1. The second-order valence-corrected chi connectivity index (χ2v) is 9.07. The summed E-state index contributed by atoms with van der Waals surface area (Å²) in [6.45, 7) is 9.26. The third-order valence-electron chi connectivity index (χ3n) is 3.07. The zero-order valence-corrected chi connectivity index (χ0v) is 16.7. The Labute approximate surface area is 152 Å². The van der Waals surface area contributed by atoms with Gasteiger partial charge in [-0.15, -0.1) is 0 Å². The highest BCUT2D eigenvalue weighted by molar-refractivity contribution is 8.13. The molecule has 0 heterocycles. The van der Waals surface area contributed by atoms with Crippen molar-refractivity contribution in [1.29, 1.82) is 0 Å². The lowest BCUT2D eigenvalue weighted by molar-refractivity contribution is -0.160. The maximum absolute atomic E-state index is 12.0. The van der Waals surface area contributed by atoms with E-state index in [1.54, 1.807) is 34.6 Å². The number of esters is 1. The predicted octanol–water partition coefficient (Wildman–Crippen LogP) is 3.28. The quantitative estimate of drug-likeness (QED) is 0.394. The summed E-state index contributed by atoms with van der Waals surface area (Å²) in [5.74, 6) is -1.29. The van der Waals surface area contributed by atoms with Gasteiger partial charge in [0.15, 0.2) is 0 Å². The van der Waals surface area contributed by atoms with Crippen molar-refractivity contribution in [2.24, 2.45) is 11.3 Å². The molecular weight excluding hydrogens is 352 g/mol. The van der Waals surface area contributed by atoms with Crippen molar-refractivity contribution in [3.8, 4) is 0 Å². The average molecular weight is 379 g/mol. The number of thioether (sulfide) groups is 1. The number of hydrogen-bond acceptors (Lipinski definition) is 8. The Morgan fingerprint density at radius 1 is 1.04 bits per heavy atom. The molecule has 0 aromatic rings. The molecule has 0 fully saturated rings. The van der Waals surface area contributed by atoms with Crippen molar-refractivity contribution in [2.45, 2.75) is 52.7 Å². The van der Waals surface area contributed by atoms with Crippen LogP contribution >= 0.6 is 24.4 Å². The number of ketones is 2. The van der Waals surface area contributed by atoms with Crippen LogP contribution in [0.2, 0.25) is 0 Å². The number of carbonyl (C=O) groups excluding carboxylic acids is 4. The van der Waals surface area contributed by atoms with E-state index < -0.39 is 34.1 Å². The lowest BCUT2D eigenvalue weighted by Gasteiger charge is -2.19. The standard InChI is InChI=1S/C16H26O6S2/c1-10(17)11(7-12(18)16(5,6)23)8-24-14(20)22-9-21-13(19)15(2,3)4/h11,23H,7-9H2,1-6H3/t11-/m0/s1. The molecule has 138 valence electrons. The Hall–Kier alpha value is -1.02. The zero-order valence-electron chi connectivity index (χ0n) is 15.0. The lowest BCUT2D eigenvalue weighted by Crippen LogP contribution is -2.30. The van der Waals surface area contributed by atoms with Gasteiger partial charge < -0.3 is 9.47 Å².